The van der Waals surface area contributed by atoms with Crippen LogP contribution in [0.2, 0.25) is 0 Å². The van der Waals surface area contributed by atoms with Gasteiger partial charge in [-0.15, -0.1) is 0 Å². The highest BCUT2D eigenvalue weighted by atomic mass is 79.9. The Balaban J connectivity index is 1.43. The predicted molar refractivity (Wildman–Crippen MR) is 160 cm³/mol. The van der Waals surface area contributed by atoms with Crippen molar-refractivity contribution in [2.75, 3.05) is 17.3 Å². The quantitative estimate of drug-likeness (QED) is 0.227. The minimum atomic E-state index is -0.811. The van der Waals surface area contributed by atoms with Gasteiger partial charge >= 0.3 is 4.87 Å². The Morgan fingerprint density at radius 2 is 1.71 bits per heavy atom. The number of thiazole rings is 1. The minimum absolute atomic E-state index is 0.0624. The number of methoxy groups -OCH3 is 1. The molecule has 3 aromatic carbocycles. The summed E-state index contributed by atoms with van der Waals surface area (Å²) in [5.74, 6) is -1.99. The van der Waals surface area contributed by atoms with E-state index in [1.165, 1.54) is 28.7 Å². The van der Waals surface area contributed by atoms with Crippen LogP contribution in [-0.2, 0) is 20.9 Å². The molecule has 3 unspecified atom stereocenters. The van der Waals surface area contributed by atoms with Gasteiger partial charge in [0.2, 0.25) is 17.7 Å². The number of fused-ring (bicyclic) bond motifs is 2. The number of nitrogens with zero attached hydrogens (tertiary/aromatic N) is 2. The van der Waals surface area contributed by atoms with Gasteiger partial charge in [-0.05, 0) is 54.6 Å². The third-order valence-electron chi connectivity index (χ3n) is 7.06. The first-order chi connectivity index (χ1) is 19.8. The van der Waals surface area contributed by atoms with E-state index >= 15 is 0 Å². The molecule has 0 aliphatic carbocycles. The number of nitrogens with one attached hydrogen (secondary N) is 1. The molecular formula is C29H22BrN3O6S2. The van der Waals surface area contributed by atoms with Gasteiger partial charge in [-0.25, -0.2) is 4.90 Å². The van der Waals surface area contributed by atoms with E-state index < -0.39 is 23.0 Å². The summed E-state index contributed by atoms with van der Waals surface area (Å²) >= 11 is 5.51. The number of aromatic nitrogens is 1. The van der Waals surface area contributed by atoms with Gasteiger partial charge in [0.05, 0.1) is 23.7 Å². The van der Waals surface area contributed by atoms with Gasteiger partial charge in [-0.3, -0.25) is 23.7 Å². The summed E-state index contributed by atoms with van der Waals surface area (Å²) in [5.41, 5.74) is 1.62. The summed E-state index contributed by atoms with van der Waals surface area (Å²) in [6, 6.07) is 20.2. The molecule has 41 heavy (non-hydrogen) atoms. The second-order valence-electron chi connectivity index (χ2n) is 9.49. The second kappa shape index (κ2) is 10.8. The summed E-state index contributed by atoms with van der Waals surface area (Å²) < 4.78 is 7.82. The van der Waals surface area contributed by atoms with Crippen LogP contribution in [0.3, 0.4) is 0 Å². The summed E-state index contributed by atoms with van der Waals surface area (Å²) in [6.07, 6.45) is 0. The molecule has 2 aliphatic heterocycles. The van der Waals surface area contributed by atoms with Crippen LogP contribution in [0.4, 0.5) is 11.4 Å². The number of phenols is 1. The van der Waals surface area contributed by atoms with Crippen molar-refractivity contribution in [3.05, 3.63) is 97.4 Å². The van der Waals surface area contributed by atoms with Crippen molar-refractivity contribution in [1.29, 1.82) is 0 Å². The average molecular weight is 653 g/mol. The van der Waals surface area contributed by atoms with Crippen LogP contribution in [0.15, 0.2) is 87.1 Å². The largest absolute Gasteiger partial charge is 0.508 e. The molecular weight excluding hydrogens is 630 g/mol. The number of thioether (sulfide) groups is 1. The first-order valence-corrected chi connectivity index (χ1v) is 15.0. The Morgan fingerprint density at radius 3 is 2.41 bits per heavy atom. The van der Waals surface area contributed by atoms with Gasteiger partial charge in [-0.1, -0.05) is 57.2 Å². The van der Waals surface area contributed by atoms with Crippen molar-refractivity contribution in [2.24, 2.45) is 5.92 Å². The Hall–Kier alpha value is -3.87. The summed E-state index contributed by atoms with van der Waals surface area (Å²) in [6.45, 7) is -0.285. The van der Waals surface area contributed by atoms with Gasteiger partial charge in [0, 0.05) is 26.5 Å². The number of carbonyl (C=O) groups excluding carboxylic acids is 3. The molecule has 0 saturated carbocycles. The van der Waals surface area contributed by atoms with Crippen LogP contribution >= 0.6 is 39.0 Å². The zero-order valence-corrected chi connectivity index (χ0v) is 24.7. The third-order valence-corrected chi connectivity index (χ3v) is 10.2. The first kappa shape index (κ1) is 27.3. The van der Waals surface area contributed by atoms with Crippen LogP contribution in [0.5, 0.6) is 11.5 Å². The Labute approximate surface area is 250 Å². The normalized spacial score (nSPS) is 19.6. The number of rotatable bonds is 6. The molecule has 208 valence electrons. The van der Waals surface area contributed by atoms with Crippen LogP contribution in [0.1, 0.15) is 16.4 Å². The SMILES string of the molecule is COc1ccccc1C1c2sc(=O)n(CC(=O)Nc3ccc(O)cc3)c2SC2C(=O)N(c3ccc(Br)cc3)C(=O)C21. The molecule has 3 atom stereocenters. The van der Waals surface area contributed by atoms with Crippen molar-refractivity contribution in [3.8, 4) is 11.5 Å². The van der Waals surface area contributed by atoms with E-state index in [2.05, 4.69) is 21.2 Å². The van der Waals surface area contributed by atoms with E-state index in [4.69, 9.17) is 4.74 Å². The van der Waals surface area contributed by atoms with E-state index in [1.807, 2.05) is 18.2 Å². The van der Waals surface area contributed by atoms with Gasteiger partial charge < -0.3 is 15.2 Å². The highest BCUT2D eigenvalue weighted by molar-refractivity contribution is 9.10. The summed E-state index contributed by atoms with van der Waals surface area (Å²) in [7, 11) is 1.53. The molecule has 6 rings (SSSR count). The fourth-order valence-corrected chi connectivity index (χ4v) is 8.28. The van der Waals surface area contributed by atoms with Crippen molar-refractivity contribution in [2.45, 2.75) is 22.7 Å². The lowest BCUT2D eigenvalue weighted by Crippen LogP contribution is -2.33. The van der Waals surface area contributed by atoms with Crippen LogP contribution in [-0.4, -0.2) is 39.8 Å². The number of hydrogen-bond donors (Lipinski definition) is 2. The topological polar surface area (TPSA) is 118 Å². The number of aromatic hydroxyl groups is 1. The summed E-state index contributed by atoms with van der Waals surface area (Å²) in [4.78, 5) is 55.6. The number of anilines is 2. The summed E-state index contributed by atoms with van der Waals surface area (Å²) in [5, 5.41) is 11.9. The Kier molecular flexibility index (Phi) is 7.22. The van der Waals surface area contributed by atoms with E-state index in [9.17, 15) is 24.3 Å². The van der Waals surface area contributed by atoms with Crippen LogP contribution in [0.25, 0.3) is 0 Å². The van der Waals surface area contributed by atoms with Gasteiger partial charge in [0.15, 0.2) is 0 Å². The molecule has 0 spiro atoms. The smallest absolute Gasteiger partial charge is 0.308 e. The molecule has 1 aromatic heterocycles. The Morgan fingerprint density at radius 1 is 1.00 bits per heavy atom. The molecule has 9 nitrogen and oxygen atoms in total. The number of para-hydroxylation sites is 1. The third kappa shape index (κ3) is 4.85. The maximum absolute atomic E-state index is 14.0. The van der Waals surface area contributed by atoms with Crippen molar-refractivity contribution < 1.29 is 24.2 Å². The van der Waals surface area contributed by atoms with E-state index in [0.29, 0.717) is 32.6 Å². The molecule has 1 saturated heterocycles. The zero-order valence-electron chi connectivity index (χ0n) is 21.4. The highest BCUT2D eigenvalue weighted by Gasteiger charge is 2.57. The lowest BCUT2D eigenvalue weighted by Gasteiger charge is -2.31. The Bertz CT molecular complexity index is 1730. The van der Waals surface area contributed by atoms with E-state index in [-0.39, 0.29) is 29.0 Å². The molecule has 3 amide bonds. The number of carbonyl (C=O) groups is 3. The lowest BCUT2D eigenvalue weighted by molar-refractivity contribution is -0.122. The standard InChI is InChI=1S/C29H22BrN3O6S2/c1-39-20-5-3-2-4-19(20)22-23-24(27(37)33(26(23)36)17-10-6-15(30)7-11-17)40-28-25(22)41-29(38)32(28)14-21(35)31-16-8-12-18(34)13-9-16/h2-13,22-24,34H,14H2,1H3,(H,31,35). The maximum Gasteiger partial charge on any atom is 0.308 e. The fraction of sp³-hybridized carbons (Fsp3) is 0.172. The second-order valence-corrected chi connectivity index (χ2v) is 12.5. The van der Waals surface area contributed by atoms with Crippen LogP contribution < -0.4 is 19.8 Å². The number of imide groups is 1. The van der Waals surface area contributed by atoms with Crippen LogP contribution in [0, 0.1) is 5.92 Å². The molecule has 4 aromatic rings. The number of hydrogen-bond acceptors (Lipinski definition) is 8. The number of halogens is 1. The fourth-order valence-electron chi connectivity index (χ4n) is 5.25. The van der Waals surface area contributed by atoms with E-state index in [1.54, 1.807) is 42.5 Å². The first-order valence-electron chi connectivity index (χ1n) is 12.5. The van der Waals surface area contributed by atoms with Crippen molar-refractivity contribution in [1.82, 2.24) is 4.57 Å². The molecule has 12 heteroatoms. The molecule has 2 aliphatic rings. The number of amides is 3. The monoisotopic (exact) mass is 651 g/mol. The number of phenolic OH excluding ortho intramolecular Hbond substituents is 1. The average Bonchev–Trinajstić information content (AvgIpc) is 3.41. The van der Waals surface area contributed by atoms with Gasteiger partial charge in [0.1, 0.15) is 23.3 Å². The molecule has 0 bridgehead atoms. The molecule has 0 radical (unpaired) electrons. The van der Waals surface area contributed by atoms with E-state index in [0.717, 1.165) is 27.6 Å². The lowest BCUT2D eigenvalue weighted by atomic mass is 9.82. The maximum atomic E-state index is 14.0. The number of ether oxygens (including phenoxy) is 1. The highest BCUT2D eigenvalue weighted by Crippen LogP contribution is 2.55. The minimum Gasteiger partial charge on any atom is -0.508 e. The van der Waals surface area contributed by atoms with Gasteiger partial charge in [0.25, 0.3) is 0 Å². The molecule has 1 fully saturated rings. The zero-order chi connectivity index (χ0) is 28.8. The number of benzene rings is 3. The molecule has 2 N–H and O–H groups in total. The molecule has 3 heterocycles. The van der Waals surface area contributed by atoms with Crippen molar-refractivity contribution in [3.63, 3.8) is 0 Å². The van der Waals surface area contributed by atoms with Gasteiger partial charge in [-0.2, -0.15) is 0 Å². The predicted octanol–water partition coefficient (Wildman–Crippen LogP) is 4.82. The van der Waals surface area contributed by atoms with Crippen molar-refractivity contribution >= 4 is 68.1 Å².